The first kappa shape index (κ1) is 19.8. The van der Waals surface area contributed by atoms with Gasteiger partial charge >= 0.3 is 20.8 Å². The minimum absolute atomic E-state index is 0.00607. The second-order valence-electron chi connectivity index (χ2n) is 5.31. The second-order valence-corrected chi connectivity index (χ2v) is 7.40. The molecule has 1 aliphatic heterocycles. The third-order valence-corrected chi connectivity index (χ3v) is 4.52. The van der Waals surface area contributed by atoms with Crippen LogP contribution in [0.4, 0.5) is 5.82 Å². The Morgan fingerprint density at radius 3 is 2.33 bits per heavy atom. The molecule has 1 saturated heterocycles. The summed E-state index contributed by atoms with van der Waals surface area (Å²) < 4.78 is 77.9. The van der Waals surface area contributed by atoms with E-state index >= 15 is 0 Å². The quantitative estimate of drug-likeness (QED) is 0.355. The van der Waals surface area contributed by atoms with E-state index in [0.717, 1.165) is 17.2 Å². The molecule has 15 nitrogen and oxygen atoms in total. The van der Waals surface area contributed by atoms with Crippen LogP contribution in [-0.4, -0.2) is 75.5 Å². The Balaban J connectivity index is 2.10. The van der Waals surface area contributed by atoms with Crippen molar-refractivity contribution in [3.63, 3.8) is 0 Å². The first-order valence-corrected chi connectivity index (χ1v) is 9.74. The minimum Gasteiger partial charge on any atom is -0.394 e. The largest absolute Gasteiger partial charge is 0.397 e. The number of rotatable bonds is 6. The normalized spacial score (nSPS) is 26.6. The van der Waals surface area contributed by atoms with Crippen LogP contribution < -0.4 is 5.73 Å². The van der Waals surface area contributed by atoms with Gasteiger partial charge in [0.15, 0.2) is 23.8 Å². The van der Waals surface area contributed by atoms with E-state index in [4.69, 9.17) is 19.6 Å². The zero-order chi connectivity index (χ0) is 20.0. The van der Waals surface area contributed by atoms with E-state index in [9.17, 15) is 21.9 Å². The standard InChI is InChI=1S/C10H13N5O10S2/c11-8-5-9(13-2-12-8)15(3-14-5)10-7(25-27(20,21)22)6(4(1-16)23-10)24-26(17,18)19/h2-4,6-7,10,16H,1H2,(H2,11,12,13)(H,17,18,19)(H,20,21,22)/t4-,6-,7-,10-/m1/s1. The Hall–Kier alpha value is -1.99. The summed E-state index contributed by atoms with van der Waals surface area (Å²) in [6.07, 6.45) is -4.44. The van der Waals surface area contributed by atoms with Gasteiger partial charge in [0.25, 0.3) is 0 Å². The number of hydrogen-bond acceptors (Lipinski definition) is 12. The highest BCUT2D eigenvalue weighted by Crippen LogP contribution is 2.36. The fourth-order valence-electron chi connectivity index (χ4n) is 2.63. The Bertz CT molecular complexity index is 1050. The van der Waals surface area contributed by atoms with Gasteiger partial charge in [-0.3, -0.25) is 13.7 Å². The van der Waals surface area contributed by atoms with Crippen molar-refractivity contribution in [2.45, 2.75) is 24.5 Å². The number of aromatic nitrogens is 4. The average molecular weight is 427 g/mol. The zero-order valence-electron chi connectivity index (χ0n) is 13.1. The number of hydrogen-bond donors (Lipinski definition) is 4. The van der Waals surface area contributed by atoms with Gasteiger partial charge in [-0.25, -0.2) is 23.3 Å². The molecule has 27 heavy (non-hydrogen) atoms. The summed E-state index contributed by atoms with van der Waals surface area (Å²) in [5.74, 6) is -0.00607. The highest BCUT2D eigenvalue weighted by atomic mass is 32.3. The number of aliphatic hydroxyl groups is 1. The van der Waals surface area contributed by atoms with Crippen LogP contribution >= 0.6 is 0 Å². The van der Waals surface area contributed by atoms with Crippen molar-refractivity contribution >= 4 is 37.8 Å². The molecular formula is C10H13N5O10S2. The topological polar surface area (TPSA) is 226 Å². The fourth-order valence-corrected chi connectivity index (χ4v) is 3.63. The molecule has 0 amide bonds. The smallest absolute Gasteiger partial charge is 0.394 e. The second kappa shape index (κ2) is 6.87. The van der Waals surface area contributed by atoms with Crippen molar-refractivity contribution in [2.75, 3.05) is 12.3 Å². The molecule has 0 radical (unpaired) electrons. The molecule has 2 aromatic rings. The van der Waals surface area contributed by atoms with Crippen LogP contribution in [-0.2, 0) is 33.9 Å². The number of anilines is 1. The lowest BCUT2D eigenvalue weighted by atomic mass is 10.1. The maximum atomic E-state index is 11.2. The lowest BCUT2D eigenvalue weighted by Gasteiger charge is -2.21. The van der Waals surface area contributed by atoms with E-state index in [2.05, 4.69) is 23.3 Å². The lowest BCUT2D eigenvalue weighted by molar-refractivity contribution is -0.0477. The predicted octanol–water partition coefficient (Wildman–Crippen LogP) is -2.33. The number of nitrogens with zero attached hydrogens (tertiary/aromatic N) is 4. The molecule has 17 heteroatoms. The van der Waals surface area contributed by atoms with E-state index in [1.54, 1.807) is 0 Å². The van der Waals surface area contributed by atoms with Crippen LogP contribution in [0.15, 0.2) is 12.7 Å². The van der Waals surface area contributed by atoms with Gasteiger partial charge in [-0.1, -0.05) is 0 Å². The summed E-state index contributed by atoms with van der Waals surface area (Å²) in [5, 5.41) is 9.40. The van der Waals surface area contributed by atoms with Crippen LogP contribution in [0.25, 0.3) is 11.2 Å². The molecule has 2 aromatic heterocycles. The Kier molecular flexibility index (Phi) is 5.03. The maximum absolute atomic E-state index is 11.2. The monoisotopic (exact) mass is 427 g/mol. The van der Waals surface area contributed by atoms with Crippen molar-refractivity contribution in [2.24, 2.45) is 0 Å². The molecule has 4 atom stereocenters. The van der Waals surface area contributed by atoms with Crippen molar-refractivity contribution in [3.8, 4) is 0 Å². The molecule has 0 aromatic carbocycles. The van der Waals surface area contributed by atoms with Gasteiger partial charge < -0.3 is 15.6 Å². The molecule has 150 valence electrons. The third kappa shape index (κ3) is 4.14. The summed E-state index contributed by atoms with van der Waals surface area (Å²) >= 11 is 0. The van der Waals surface area contributed by atoms with E-state index in [1.807, 2.05) is 0 Å². The summed E-state index contributed by atoms with van der Waals surface area (Å²) in [5.41, 5.74) is 5.83. The lowest BCUT2D eigenvalue weighted by Crippen LogP contribution is -2.40. The van der Waals surface area contributed by atoms with Crippen molar-refractivity contribution in [3.05, 3.63) is 12.7 Å². The van der Waals surface area contributed by atoms with Crippen molar-refractivity contribution in [1.82, 2.24) is 19.5 Å². The van der Waals surface area contributed by atoms with Crippen LogP contribution in [0, 0.1) is 0 Å². The number of aliphatic hydroxyl groups excluding tert-OH is 1. The Morgan fingerprint density at radius 1 is 1.11 bits per heavy atom. The molecule has 5 N–H and O–H groups in total. The van der Waals surface area contributed by atoms with Gasteiger partial charge in [-0.15, -0.1) is 0 Å². The Labute approximate surface area is 151 Å². The highest BCUT2D eigenvalue weighted by molar-refractivity contribution is 7.81. The van der Waals surface area contributed by atoms with Gasteiger partial charge in [0.05, 0.1) is 12.9 Å². The summed E-state index contributed by atoms with van der Waals surface area (Å²) in [6, 6.07) is 0. The van der Waals surface area contributed by atoms with Gasteiger partial charge in [-0.05, 0) is 0 Å². The summed E-state index contributed by atoms with van der Waals surface area (Å²) in [6.45, 7) is -0.841. The molecule has 0 unspecified atom stereocenters. The minimum atomic E-state index is -5.12. The van der Waals surface area contributed by atoms with Gasteiger partial charge in [0.2, 0.25) is 0 Å². The number of ether oxygens (including phenoxy) is 1. The number of fused-ring (bicyclic) bond motifs is 1. The van der Waals surface area contributed by atoms with E-state index in [1.165, 1.54) is 0 Å². The van der Waals surface area contributed by atoms with E-state index in [-0.39, 0.29) is 17.0 Å². The molecule has 1 aliphatic rings. The van der Waals surface area contributed by atoms with Crippen LogP contribution in [0.1, 0.15) is 6.23 Å². The summed E-state index contributed by atoms with van der Waals surface area (Å²) in [4.78, 5) is 11.6. The Morgan fingerprint density at radius 2 is 1.74 bits per heavy atom. The third-order valence-electron chi connectivity index (χ3n) is 3.59. The van der Waals surface area contributed by atoms with E-state index in [0.29, 0.717) is 0 Å². The molecule has 1 fully saturated rings. The van der Waals surface area contributed by atoms with Gasteiger partial charge in [0, 0.05) is 0 Å². The molecule has 0 aliphatic carbocycles. The number of nitrogen functional groups attached to an aromatic ring is 1. The highest BCUT2D eigenvalue weighted by Gasteiger charge is 2.51. The first-order valence-electron chi connectivity index (χ1n) is 7.01. The molecule has 0 spiro atoms. The molecule has 3 rings (SSSR count). The molecule has 3 heterocycles. The van der Waals surface area contributed by atoms with Gasteiger partial charge in [-0.2, -0.15) is 16.8 Å². The number of nitrogens with two attached hydrogens (primary N) is 1. The number of imidazole rings is 1. The molecule has 0 bridgehead atoms. The molecule has 0 saturated carbocycles. The predicted molar refractivity (Wildman–Crippen MR) is 83.6 cm³/mol. The SMILES string of the molecule is Nc1ncnc2c1ncn2[C@@H]1O[C@H](CO)[C@@H](OS(=O)(=O)O)[C@H]1OS(=O)(=O)O. The molecular weight excluding hydrogens is 414 g/mol. The first-order chi connectivity index (χ1) is 12.5. The van der Waals surface area contributed by atoms with Crippen molar-refractivity contribution in [1.29, 1.82) is 0 Å². The summed E-state index contributed by atoms with van der Waals surface area (Å²) in [7, 11) is -10.2. The van der Waals surface area contributed by atoms with Gasteiger partial charge in [0.1, 0.15) is 24.1 Å². The zero-order valence-corrected chi connectivity index (χ0v) is 14.7. The maximum Gasteiger partial charge on any atom is 0.397 e. The van der Waals surface area contributed by atoms with Crippen LogP contribution in [0.5, 0.6) is 0 Å². The average Bonchev–Trinajstić information content (AvgIpc) is 3.08. The van der Waals surface area contributed by atoms with Crippen LogP contribution in [0.3, 0.4) is 0 Å². The van der Waals surface area contributed by atoms with E-state index < -0.39 is 51.9 Å². The van der Waals surface area contributed by atoms with Crippen LogP contribution in [0.2, 0.25) is 0 Å². The fraction of sp³-hybridized carbons (Fsp3) is 0.500. The van der Waals surface area contributed by atoms with Crippen molar-refractivity contribution < 1.29 is 44.2 Å².